The van der Waals surface area contributed by atoms with Crippen LogP contribution in [-0.4, -0.2) is 33.9 Å². The van der Waals surface area contributed by atoms with E-state index in [1.165, 1.54) is 0 Å². The summed E-state index contributed by atoms with van der Waals surface area (Å²) in [6.07, 6.45) is 0.909. The number of carboxylic acids is 1. The maximum atomic E-state index is 12.0. The first kappa shape index (κ1) is 17.1. The molecule has 7 nitrogen and oxygen atoms in total. The van der Waals surface area contributed by atoms with Crippen molar-refractivity contribution in [1.29, 1.82) is 0 Å². The Balaban J connectivity index is 2.00. The van der Waals surface area contributed by atoms with E-state index in [-0.39, 0.29) is 17.0 Å². The normalized spacial score (nSPS) is 17.3. The van der Waals surface area contributed by atoms with Gasteiger partial charge in [0.2, 0.25) is 0 Å². The van der Waals surface area contributed by atoms with Crippen LogP contribution in [0.1, 0.15) is 43.2 Å². The largest absolute Gasteiger partial charge is 0.478 e. The van der Waals surface area contributed by atoms with Gasteiger partial charge in [0.05, 0.1) is 5.56 Å². The SMILES string of the molecule is CC(C)(C)OC(=O)NCC1CCc2cc(C(=O)O)cc(=O)n2C1. The Bertz CT molecular complexity index is 672. The third-order valence-corrected chi connectivity index (χ3v) is 3.64. The van der Waals surface area contributed by atoms with Gasteiger partial charge < -0.3 is 19.7 Å². The van der Waals surface area contributed by atoms with Crippen molar-refractivity contribution in [3.05, 3.63) is 33.7 Å². The maximum Gasteiger partial charge on any atom is 0.407 e. The van der Waals surface area contributed by atoms with E-state index in [0.29, 0.717) is 19.5 Å². The lowest BCUT2D eigenvalue weighted by molar-refractivity contribution is 0.0514. The average molecular weight is 322 g/mol. The van der Waals surface area contributed by atoms with E-state index in [0.717, 1.165) is 18.2 Å². The van der Waals surface area contributed by atoms with Gasteiger partial charge >= 0.3 is 12.1 Å². The Morgan fingerprint density at radius 1 is 1.39 bits per heavy atom. The molecule has 0 aromatic carbocycles. The highest BCUT2D eigenvalue weighted by molar-refractivity contribution is 5.87. The summed E-state index contributed by atoms with van der Waals surface area (Å²) in [5.74, 6) is -0.984. The van der Waals surface area contributed by atoms with Gasteiger partial charge in [0.25, 0.3) is 5.56 Å². The summed E-state index contributed by atoms with van der Waals surface area (Å²) in [7, 11) is 0. The van der Waals surface area contributed by atoms with E-state index < -0.39 is 17.7 Å². The molecule has 23 heavy (non-hydrogen) atoms. The van der Waals surface area contributed by atoms with Crippen LogP contribution in [0.2, 0.25) is 0 Å². The van der Waals surface area contributed by atoms with Gasteiger partial charge in [0.15, 0.2) is 0 Å². The van der Waals surface area contributed by atoms with Crippen LogP contribution in [0.15, 0.2) is 16.9 Å². The number of nitrogens with one attached hydrogen (secondary N) is 1. The molecule has 1 unspecified atom stereocenters. The molecule has 1 aromatic rings. The first-order valence-electron chi connectivity index (χ1n) is 7.59. The lowest BCUT2D eigenvalue weighted by Gasteiger charge is -2.27. The number of nitrogens with zero attached hydrogens (tertiary/aromatic N) is 1. The highest BCUT2D eigenvalue weighted by atomic mass is 16.6. The predicted octanol–water partition coefficient (Wildman–Crippen LogP) is 1.63. The van der Waals surface area contributed by atoms with Gasteiger partial charge in [-0.25, -0.2) is 9.59 Å². The van der Waals surface area contributed by atoms with Crippen molar-refractivity contribution in [3.63, 3.8) is 0 Å². The molecule has 7 heteroatoms. The Morgan fingerprint density at radius 3 is 2.70 bits per heavy atom. The van der Waals surface area contributed by atoms with Crippen molar-refractivity contribution in [2.75, 3.05) is 6.54 Å². The number of aromatic nitrogens is 1. The van der Waals surface area contributed by atoms with Crippen molar-refractivity contribution >= 4 is 12.1 Å². The van der Waals surface area contributed by atoms with Crippen LogP contribution < -0.4 is 10.9 Å². The number of fused-ring (bicyclic) bond motifs is 1. The van der Waals surface area contributed by atoms with Gasteiger partial charge in [-0.3, -0.25) is 4.79 Å². The van der Waals surface area contributed by atoms with Gasteiger partial charge in [-0.05, 0) is 45.6 Å². The Hall–Kier alpha value is -2.31. The molecule has 0 fully saturated rings. The smallest absolute Gasteiger partial charge is 0.407 e. The molecule has 0 saturated carbocycles. The molecule has 1 aliphatic rings. The molecule has 126 valence electrons. The summed E-state index contributed by atoms with van der Waals surface area (Å²) in [4.78, 5) is 34.7. The van der Waals surface area contributed by atoms with Gasteiger partial charge in [-0.15, -0.1) is 0 Å². The van der Waals surface area contributed by atoms with Crippen molar-refractivity contribution in [2.45, 2.75) is 45.8 Å². The van der Waals surface area contributed by atoms with Crippen LogP contribution in [0.5, 0.6) is 0 Å². The third kappa shape index (κ3) is 4.58. The molecule has 2 rings (SSSR count). The average Bonchev–Trinajstić information content (AvgIpc) is 2.43. The van der Waals surface area contributed by atoms with Crippen LogP contribution in [-0.2, 0) is 17.7 Å². The number of carbonyl (C=O) groups is 2. The summed E-state index contributed by atoms with van der Waals surface area (Å²) < 4.78 is 6.76. The van der Waals surface area contributed by atoms with E-state index in [4.69, 9.17) is 9.84 Å². The molecule has 2 N–H and O–H groups in total. The molecule has 0 bridgehead atoms. The minimum Gasteiger partial charge on any atom is -0.478 e. The van der Waals surface area contributed by atoms with Gasteiger partial charge in [-0.1, -0.05) is 0 Å². The van der Waals surface area contributed by atoms with Gasteiger partial charge in [0, 0.05) is 24.8 Å². The second-order valence-corrected chi connectivity index (χ2v) is 6.78. The Kier molecular flexibility index (Phi) is 4.77. The van der Waals surface area contributed by atoms with Crippen molar-refractivity contribution in [3.8, 4) is 0 Å². The van der Waals surface area contributed by atoms with E-state index >= 15 is 0 Å². The number of hydrogen-bond acceptors (Lipinski definition) is 4. The van der Waals surface area contributed by atoms with Crippen LogP contribution in [0.3, 0.4) is 0 Å². The topological polar surface area (TPSA) is 97.6 Å². The van der Waals surface area contributed by atoms with E-state index in [1.54, 1.807) is 31.4 Å². The van der Waals surface area contributed by atoms with Crippen molar-refractivity contribution < 1.29 is 19.4 Å². The lowest BCUT2D eigenvalue weighted by Crippen LogP contribution is -2.39. The van der Waals surface area contributed by atoms with Crippen LogP contribution in [0.4, 0.5) is 4.79 Å². The zero-order valence-electron chi connectivity index (χ0n) is 13.6. The highest BCUT2D eigenvalue weighted by Gasteiger charge is 2.22. The third-order valence-electron chi connectivity index (χ3n) is 3.64. The summed E-state index contributed by atoms with van der Waals surface area (Å²) >= 11 is 0. The molecule has 2 heterocycles. The summed E-state index contributed by atoms with van der Waals surface area (Å²) in [6, 6.07) is 2.68. The number of hydrogen-bond donors (Lipinski definition) is 2. The Morgan fingerprint density at radius 2 is 2.09 bits per heavy atom. The molecular weight excluding hydrogens is 300 g/mol. The number of carbonyl (C=O) groups excluding carboxylic acids is 1. The molecule has 1 aromatic heterocycles. The van der Waals surface area contributed by atoms with Crippen molar-refractivity contribution in [2.24, 2.45) is 5.92 Å². The molecule has 0 spiro atoms. The number of amides is 1. The number of alkyl carbamates (subject to hydrolysis) is 1. The fraction of sp³-hybridized carbons (Fsp3) is 0.562. The second-order valence-electron chi connectivity index (χ2n) is 6.78. The minimum atomic E-state index is -1.10. The quantitative estimate of drug-likeness (QED) is 0.881. The van der Waals surface area contributed by atoms with Gasteiger partial charge in [0.1, 0.15) is 5.60 Å². The lowest BCUT2D eigenvalue weighted by atomic mass is 9.96. The molecule has 0 saturated heterocycles. The number of aromatic carboxylic acids is 1. The zero-order valence-corrected chi connectivity index (χ0v) is 13.6. The van der Waals surface area contributed by atoms with Crippen molar-refractivity contribution in [1.82, 2.24) is 9.88 Å². The first-order valence-corrected chi connectivity index (χ1v) is 7.59. The highest BCUT2D eigenvalue weighted by Crippen LogP contribution is 2.19. The van der Waals surface area contributed by atoms with Crippen LogP contribution in [0.25, 0.3) is 0 Å². The first-order chi connectivity index (χ1) is 10.7. The molecule has 0 radical (unpaired) electrons. The molecule has 1 amide bonds. The van der Waals surface area contributed by atoms with E-state index in [1.807, 2.05) is 0 Å². The molecule has 1 aliphatic heterocycles. The monoisotopic (exact) mass is 322 g/mol. The van der Waals surface area contributed by atoms with E-state index in [2.05, 4.69) is 5.32 Å². The number of pyridine rings is 1. The predicted molar refractivity (Wildman–Crippen MR) is 83.7 cm³/mol. The van der Waals surface area contributed by atoms with Crippen LogP contribution in [0, 0.1) is 5.92 Å². The van der Waals surface area contributed by atoms with E-state index in [9.17, 15) is 14.4 Å². The number of aryl methyl sites for hydroxylation is 1. The summed E-state index contributed by atoms with van der Waals surface area (Å²) in [6.45, 7) is 6.26. The van der Waals surface area contributed by atoms with Crippen LogP contribution >= 0.6 is 0 Å². The number of carboxylic acid groups (broad SMARTS) is 1. The van der Waals surface area contributed by atoms with Gasteiger partial charge in [-0.2, -0.15) is 0 Å². The number of rotatable bonds is 3. The summed E-state index contributed by atoms with van der Waals surface area (Å²) in [5.41, 5.74) is -0.121. The number of ether oxygens (including phenoxy) is 1. The minimum absolute atomic E-state index is 0.0200. The maximum absolute atomic E-state index is 12.0. The Labute approximate surface area is 134 Å². The fourth-order valence-electron chi connectivity index (χ4n) is 2.60. The standard InChI is InChI=1S/C16H22N2O5/c1-16(2,3)23-15(22)17-8-10-4-5-12-6-11(14(20)21)7-13(19)18(12)9-10/h6-7,10H,4-5,8-9H2,1-3H3,(H,17,22)(H,20,21). The second kappa shape index (κ2) is 6.44. The molecular formula is C16H22N2O5. The molecule has 1 atom stereocenters. The zero-order chi connectivity index (χ0) is 17.2. The fourth-order valence-corrected chi connectivity index (χ4v) is 2.60. The molecule has 0 aliphatic carbocycles. The summed E-state index contributed by atoms with van der Waals surface area (Å²) in [5, 5.41) is 11.7.